The molecule has 1 unspecified atom stereocenters. The van der Waals surface area contributed by atoms with E-state index in [1.807, 2.05) is 12.3 Å². The summed E-state index contributed by atoms with van der Waals surface area (Å²) in [6, 6.07) is 11.1. The zero-order valence-corrected chi connectivity index (χ0v) is 12.0. The smallest absolute Gasteiger partial charge is 0.175 e. The molecule has 0 bridgehead atoms. The van der Waals surface area contributed by atoms with Crippen molar-refractivity contribution in [1.82, 2.24) is 4.98 Å². The topological polar surface area (TPSA) is 59.1 Å². The normalized spacial score (nSPS) is 17.8. The van der Waals surface area contributed by atoms with Crippen LogP contribution in [0.3, 0.4) is 0 Å². The van der Waals surface area contributed by atoms with Gasteiger partial charge in [0.2, 0.25) is 0 Å². The molecule has 0 saturated heterocycles. The van der Waals surface area contributed by atoms with Gasteiger partial charge in [0.15, 0.2) is 9.84 Å². The Labute approximate surface area is 118 Å². The Hall–Kier alpha value is -1.88. The lowest BCUT2D eigenvalue weighted by molar-refractivity contribution is 0.602. The predicted molar refractivity (Wildman–Crippen MR) is 78.5 cm³/mol. The fourth-order valence-corrected chi connectivity index (χ4v) is 3.18. The number of nitrogens with one attached hydrogen (secondary N) is 1. The Balaban J connectivity index is 1.80. The molecule has 1 aromatic carbocycles. The van der Waals surface area contributed by atoms with Gasteiger partial charge in [-0.3, -0.25) is 4.98 Å². The van der Waals surface area contributed by atoms with Crippen molar-refractivity contribution in [3.05, 3.63) is 53.9 Å². The number of rotatable bonds is 3. The zero-order valence-electron chi connectivity index (χ0n) is 11.2. The summed E-state index contributed by atoms with van der Waals surface area (Å²) in [5.41, 5.74) is 3.30. The maximum Gasteiger partial charge on any atom is 0.175 e. The molecule has 0 fully saturated rings. The minimum absolute atomic E-state index is 0.204. The van der Waals surface area contributed by atoms with Crippen LogP contribution in [0.15, 0.2) is 47.5 Å². The van der Waals surface area contributed by atoms with Crippen LogP contribution in [0.4, 0.5) is 5.69 Å². The largest absolute Gasteiger partial charge is 0.377 e. The molecule has 0 amide bonds. The third-order valence-corrected chi connectivity index (χ3v) is 4.71. The van der Waals surface area contributed by atoms with Crippen molar-refractivity contribution in [3.8, 4) is 0 Å². The molecule has 1 aliphatic rings. The average molecular weight is 288 g/mol. The fourth-order valence-electron chi connectivity index (χ4n) is 2.55. The van der Waals surface area contributed by atoms with E-state index in [4.69, 9.17) is 0 Å². The summed E-state index contributed by atoms with van der Waals surface area (Å²) in [5, 5.41) is 3.42. The van der Waals surface area contributed by atoms with Gasteiger partial charge < -0.3 is 5.32 Å². The van der Waals surface area contributed by atoms with Crippen LogP contribution < -0.4 is 5.32 Å². The Morgan fingerprint density at radius 3 is 2.65 bits per heavy atom. The van der Waals surface area contributed by atoms with Gasteiger partial charge in [0.25, 0.3) is 0 Å². The van der Waals surface area contributed by atoms with Crippen molar-refractivity contribution >= 4 is 15.5 Å². The highest BCUT2D eigenvalue weighted by molar-refractivity contribution is 7.90. The Kier molecular flexibility index (Phi) is 3.22. The van der Waals surface area contributed by atoms with Crippen molar-refractivity contribution < 1.29 is 8.42 Å². The maximum absolute atomic E-state index is 11.4. The molecule has 0 aliphatic heterocycles. The lowest BCUT2D eigenvalue weighted by Crippen LogP contribution is -2.08. The number of fused-ring (bicyclic) bond motifs is 1. The molecule has 1 N–H and O–H groups in total. The number of pyridine rings is 1. The molecule has 1 atom stereocenters. The fraction of sp³-hybridized carbons (Fsp3) is 0.267. The molecule has 0 saturated carbocycles. The monoisotopic (exact) mass is 288 g/mol. The third kappa shape index (κ3) is 2.54. The molecule has 4 nitrogen and oxygen atoms in total. The first kappa shape index (κ1) is 13.1. The Bertz CT molecular complexity index is 724. The van der Waals surface area contributed by atoms with Gasteiger partial charge in [-0.2, -0.15) is 0 Å². The molecule has 3 rings (SSSR count). The second-order valence-corrected chi connectivity index (χ2v) is 7.10. The van der Waals surface area contributed by atoms with E-state index in [2.05, 4.69) is 16.4 Å². The second-order valence-electron chi connectivity index (χ2n) is 5.08. The molecule has 1 heterocycles. The highest BCUT2D eigenvalue weighted by Crippen LogP contribution is 2.32. The number of sulfone groups is 1. The van der Waals surface area contributed by atoms with Gasteiger partial charge in [0.05, 0.1) is 16.6 Å². The summed E-state index contributed by atoms with van der Waals surface area (Å²) in [6.45, 7) is 0. The van der Waals surface area contributed by atoms with Crippen molar-refractivity contribution in [2.24, 2.45) is 0 Å². The number of anilines is 1. The standard InChI is InChI=1S/C15H16N2O2S/c1-20(18,19)13-7-5-12(6-8-13)17-14-9-4-11-3-2-10-16-15(11)14/h2-3,5-8,10,14,17H,4,9H2,1H3. The lowest BCUT2D eigenvalue weighted by atomic mass is 10.2. The van der Waals surface area contributed by atoms with E-state index >= 15 is 0 Å². The Morgan fingerprint density at radius 2 is 1.95 bits per heavy atom. The Morgan fingerprint density at radius 1 is 1.20 bits per heavy atom. The highest BCUT2D eigenvalue weighted by atomic mass is 32.2. The predicted octanol–water partition coefficient (Wildman–Crippen LogP) is 2.58. The van der Waals surface area contributed by atoms with Crippen molar-refractivity contribution in [1.29, 1.82) is 0 Å². The summed E-state index contributed by atoms with van der Waals surface area (Å²) >= 11 is 0. The van der Waals surface area contributed by atoms with E-state index in [1.165, 1.54) is 11.8 Å². The molecule has 5 heteroatoms. The molecule has 2 aromatic rings. The van der Waals surface area contributed by atoms with Crippen LogP contribution in [0.25, 0.3) is 0 Å². The molecule has 104 valence electrons. The molecule has 1 aliphatic carbocycles. The lowest BCUT2D eigenvalue weighted by Gasteiger charge is -2.14. The van der Waals surface area contributed by atoms with E-state index < -0.39 is 9.84 Å². The van der Waals surface area contributed by atoms with Gasteiger partial charge in [0, 0.05) is 18.1 Å². The first-order chi connectivity index (χ1) is 9.54. The summed E-state index contributed by atoms with van der Waals surface area (Å²) < 4.78 is 22.8. The van der Waals surface area contributed by atoms with E-state index in [0.717, 1.165) is 24.2 Å². The second kappa shape index (κ2) is 4.90. The number of benzene rings is 1. The SMILES string of the molecule is CS(=O)(=O)c1ccc(NC2CCc3cccnc32)cc1. The van der Waals surface area contributed by atoms with Crippen LogP contribution in [0.5, 0.6) is 0 Å². The zero-order chi connectivity index (χ0) is 14.2. The molecular weight excluding hydrogens is 272 g/mol. The van der Waals surface area contributed by atoms with E-state index in [-0.39, 0.29) is 6.04 Å². The first-order valence-electron chi connectivity index (χ1n) is 6.54. The summed E-state index contributed by atoms with van der Waals surface area (Å²) in [5.74, 6) is 0. The van der Waals surface area contributed by atoms with Crippen molar-refractivity contribution in [2.45, 2.75) is 23.8 Å². The number of hydrogen-bond donors (Lipinski definition) is 1. The van der Waals surface area contributed by atoms with Crippen molar-refractivity contribution in [2.75, 3.05) is 11.6 Å². The average Bonchev–Trinajstić information content (AvgIpc) is 2.82. The first-order valence-corrected chi connectivity index (χ1v) is 8.43. The third-order valence-electron chi connectivity index (χ3n) is 3.58. The minimum atomic E-state index is -3.14. The summed E-state index contributed by atoms with van der Waals surface area (Å²) in [7, 11) is -3.14. The van der Waals surface area contributed by atoms with Gasteiger partial charge in [0.1, 0.15) is 0 Å². The molecular formula is C15H16N2O2S. The van der Waals surface area contributed by atoms with Crippen LogP contribution >= 0.6 is 0 Å². The van der Waals surface area contributed by atoms with E-state index in [0.29, 0.717) is 4.90 Å². The van der Waals surface area contributed by atoms with Crippen LogP contribution in [0, 0.1) is 0 Å². The van der Waals surface area contributed by atoms with Crippen molar-refractivity contribution in [3.63, 3.8) is 0 Å². The minimum Gasteiger partial charge on any atom is -0.377 e. The highest BCUT2D eigenvalue weighted by Gasteiger charge is 2.23. The number of aromatic nitrogens is 1. The summed E-state index contributed by atoms with van der Waals surface area (Å²) in [6.07, 6.45) is 5.07. The quantitative estimate of drug-likeness (QED) is 0.943. The van der Waals surface area contributed by atoms with E-state index in [1.54, 1.807) is 24.3 Å². The van der Waals surface area contributed by atoms with Gasteiger partial charge in [-0.15, -0.1) is 0 Å². The number of nitrogens with zero attached hydrogens (tertiary/aromatic N) is 1. The van der Waals surface area contributed by atoms with Crippen LogP contribution in [-0.2, 0) is 16.3 Å². The van der Waals surface area contributed by atoms with Gasteiger partial charge in [-0.05, 0) is 48.7 Å². The molecule has 20 heavy (non-hydrogen) atoms. The molecule has 0 radical (unpaired) electrons. The van der Waals surface area contributed by atoms with Gasteiger partial charge >= 0.3 is 0 Å². The molecule has 0 spiro atoms. The van der Waals surface area contributed by atoms with Crippen LogP contribution in [0.2, 0.25) is 0 Å². The number of hydrogen-bond acceptors (Lipinski definition) is 4. The van der Waals surface area contributed by atoms with Gasteiger partial charge in [-0.25, -0.2) is 8.42 Å². The van der Waals surface area contributed by atoms with Crippen LogP contribution in [-0.4, -0.2) is 19.7 Å². The van der Waals surface area contributed by atoms with E-state index in [9.17, 15) is 8.42 Å². The number of aryl methyl sites for hydroxylation is 1. The summed E-state index contributed by atoms with van der Waals surface area (Å²) in [4.78, 5) is 4.78. The maximum atomic E-state index is 11.4. The van der Waals surface area contributed by atoms with Gasteiger partial charge in [-0.1, -0.05) is 6.07 Å². The molecule has 1 aromatic heterocycles. The van der Waals surface area contributed by atoms with Crippen LogP contribution in [0.1, 0.15) is 23.7 Å².